The number of hydrogen-bond acceptors (Lipinski definition) is 1. The zero-order valence-corrected chi connectivity index (χ0v) is 10.5. The van der Waals surface area contributed by atoms with Gasteiger partial charge in [-0.25, -0.2) is 0 Å². The SMILES string of the molecule is CC1CCC(NCC2CCCCC2C)C1. The first-order valence-corrected chi connectivity index (χ1v) is 6.99. The summed E-state index contributed by atoms with van der Waals surface area (Å²) in [6.07, 6.45) is 10.2. The van der Waals surface area contributed by atoms with E-state index in [1.807, 2.05) is 0 Å². The van der Waals surface area contributed by atoms with Crippen LogP contribution in [0.4, 0.5) is 0 Å². The predicted molar refractivity (Wildman–Crippen MR) is 65.9 cm³/mol. The molecule has 0 aromatic heterocycles. The molecule has 0 bridgehead atoms. The van der Waals surface area contributed by atoms with E-state index in [1.165, 1.54) is 51.5 Å². The first-order valence-electron chi connectivity index (χ1n) is 6.99. The van der Waals surface area contributed by atoms with Crippen LogP contribution in [0.15, 0.2) is 0 Å². The Kier molecular flexibility index (Phi) is 4.07. The molecule has 2 fully saturated rings. The molecule has 2 aliphatic rings. The van der Waals surface area contributed by atoms with Gasteiger partial charge in [-0.2, -0.15) is 0 Å². The Labute approximate surface area is 95.0 Å². The van der Waals surface area contributed by atoms with Gasteiger partial charge in [0.05, 0.1) is 0 Å². The van der Waals surface area contributed by atoms with Crippen LogP contribution in [-0.4, -0.2) is 12.6 Å². The maximum Gasteiger partial charge on any atom is 0.00698 e. The summed E-state index contributed by atoms with van der Waals surface area (Å²) in [6.45, 7) is 6.13. The minimum atomic E-state index is 0.842. The van der Waals surface area contributed by atoms with Crippen LogP contribution in [0, 0.1) is 17.8 Å². The summed E-state index contributed by atoms with van der Waals surface area (Å²) in [5.74, 6) is 2.89. The minimum Gasteiger partial charge on any atom is -0.314 e. The van der Waals surface area contributed by atoms with E-state index in [0.717, 1.165) is 23.8 Å². The lowest BCUT2D eigenvalue weighted by molar-refractivity contribution is 0.240. The molecule has 88 valence electrons. The molecule has 2 aliphatic carbocycles. The topological polar surface area (TPSA) is 12.0 Å². The third-order valence-electron chi connectivity index (χ3n) is 4.65. The maximum absolute atomic E-state index is 3.81. The summed E-state index contributed by atoms with van der Waals surface area (Å²) in [4.78, 5) is 0. The van der Waals surface area contributed by atoms with Crippen molar-refractivity contribution in [3.8, 4) is 0 Å². The first kappa shape index (κ1) is 11.4. The van der Waals surface area contributed by atoms with E-state index in [1.54, 1.807) is 0 Å². The van der Waals surface area contributed by atoms with Gasteiger partial charge in [-0.05, 0) is 50.0 Å². The van der Waals surface area contributed by atoms with Crippen molar-refractivity contribution in [1.29, 1.82) is 0 Å². The molecule has 0 saturated heterocycles. The molecule has 1 heteroatoms. The van der Waals surface area contributed by atoms with Crippen molar-refractivity contribution in [2.45, 2.75) is 64.8 Å². The normalized spacial score (nSPS) is 42.0. The zero-order chi connectivity index (χ0) is 10.7. The van der Waals surface area contributed by atoms with Crippen LogP contribution in [0.25, 0.3) is 0 Å². The first-order chi connectivity index (χ1) is 7.25. The fourth-order valence-electron chi connectivity index (χ4n) is 3.41. The highest BCUT2D eigenvalue weighted by molar-refractivity contribution is 4.81. The van der Waals surface area contributed by atoms with Gasteiger partial charge in [0.15, 0.2) is 0 Å². The average Bonchev–Trinajstić information content (AvgIpc) is 2.63. The van der Waals surface area contributed by atoms with E-state index in [-0.39, 0.29) is 0 Å². The molecule has 4 unspecified atom stereocenters. The summed E-state index contributed by atoms with van der Waals surface area (Å²) in [5.41, 5.74) is 0. The van der Waals surface area contributed by atoms with Gasteiger partial charge in [0, 0.05) is 6.04 Å². The van der Waals surface area contributed by atoms with Crippen molar-refractivity contribution < 1.29 is 0 Å². The maximum atomic E-state index is 3.81. The zero-order valence-electron chi connectivity index (χ0n) is 10.5. The summed E-state index contributed by atoms with van der Waals surface area (Å²) >= 11 is 0. The molecule has 0 amide bonds. The lowest BCUT2D eigenvalue weighted by atomic mass is 9.80. The van der Waals surface area contributed by atoms with Crippen molar-refractivity contribution in [1.82, 2.24) is 5.32 Å². The Bertz CT molecular complexity index is 190. The third-order valence-corrected chi connectivity index (χ3v) is 4.65. The van der Waals surface area contributed by atoms with Gasteiger partial charge in [-0.15, -0.1) is 0 Å². The van der Waals surface area contributed by atoms with E-state index < -0.39 is 0 Å². The molecule has 0 aliphatic heterocycles. The molecule has 1 nitrogen and oxygen atoms in total. The summed E-state index contributed by atoms with van der Waals surface area (Å²) in [6, 6.07) is 0.842. The van der Waals surface area contributed by atoms with E-state index in [2.05, 4.69) is 19.2 Å². The van der Waals surface area contributed by atoms with E-state index in [0.29, 0.717) is 0 Å². The standard InChI is InChI=1S/C14H27N/c1-11-7-8-14(9-11)15-10-13-6-4-3-5-12(13)2/h11-15H,3-10H2,1-2H3. The molecule has 1 N–H and O–H groups in total. The molecule has 0 aromatic carbocycles. The second kappa shape index (κ2) is 5.34. The molecule has 15 heavy (non-hydrogen) atoms. The van der Waals surface area contributed by atoms with Crippen molar-refractivity contribution in [3.05, 3.63) is 0 Å². The Morgan fingerprint density at radius 2 is 1.80 bits per heavy atom. The van der Waals surface area contributed by atoms with Gasteiger partial charge in [-0.1, -0.05) is 33.1 Å². The van der Waals surface area contributed by atoms with Crippen LogP contribution >= 0.6 is 0 Å². The van der Waals surface area contributed by atoms with Gasteiger partial charge in [0.2, 0.25) is 0 Å². The van der Waals surface area contributed by atoms with Crippen LogP contribution in [0.3, 0.4) is 0 Å². The van der Waals surface area contributed by atoms with Crippen molar-refractivity contribution in [2.75, 3.05) is 6.54 Å². The molecule has 2 saturated carbocycles. The minimum absolute atomic E-state index is 0.842. The molecule has 4 atom stereocenters. The van der Waals surface area contributed by atoms with Crippen LogP contribution in [-0.2, 0) is 0 Å². The van der Waals surface area contributed by atoms with E-state index in [9.17, 15) is 0 Å². The van der Waals surface area contributed by atoms with Gasteiger partial charge in [-0.3, -0.25) is 0 Å². The smallest absolute Gasteiger partial charge is 0.00698 e. The fourth-order valence-corrected chi connectivity index (χ4v) is 3.41. The second-order valence-corrected chi connectivity index (χ2v) is 6.05. The van der Waals surface area contributed by atoms with Crippen molar-refractivity contribution in [2.24, 2.45) is 17.8 Å². The molecule has 0 aromatic rings. The van der Waals surface area contributed by atoms with Gasteiger partial charge >= 0.3 is 0 Å². The second-order valence-electron chi connectivity index (χ2n) is 6.05. The average molecular weight is 209 g/mol. The Hall–Kier alpha value is -0.0400. The summed E-state index contributed by atoms with van der Waals surface area (Å²) in [5, 5.41) is 3.81. The molecular formula is C14H27N. The molecular weight excluding hydrogens is 182 g/mol. The highest BCUT2D eigenvalue weighted by atomic mass is 14.9. The number of hydrogen-bond donors (Lipinski definition) is 1. The van der Waals surface area contributed by atoms with Crippen LogP contribution in [0.2, 0.25) is 0 Å². The van der Waals surface area contributed by atoms with Crippen molar-refractivity contribution in [3.63, 3.8) is 0 Å². The lowest BCUT2D eigenvalue weighted by Gasteiger charge is -2.30. The predicted octanol–water partition coefficient (Wildman–Crippen LogP) is 3.59. The highest BCUT2D eigenvalue weighted by Gasteiger charge is 2.24. The molecule has 0 radical (unpaired) electrons. The van der Waals surface area contributed by atoms with Gasteiger partial charge < -0.3 is 5.32 Å². The van der Waals surface area contributed by atoms with Crippen LogP contribution in [0.5, 0.6) is 0 Å². The Morgan fingerprint density at radius 3 is 2.47 bits per heavy atom. The van der Waals surface area contributed by atoms with Crippen LogP contribution in [0.1, 0.15) is 58.8 Å². The monoisotopic (exact) mass is 209 g/mol. The largest absolute Gasteiger partial charge is 0.314 e. The lowest BCUT2D eigenvalue weighted by Crippen LogP contribution is -2.35. The molecule has 0 spiro atoms. The molecule has 2 rings (SSSR count). The Morgan fingerprint density at radius 1 is 1.00 bits per heavy atom. The number of rotatable bonds is 3. The van der Waals surface area contributed by atoms with E-state index >= 15 is 0 Å². The van der Waals surface area contributed by atoms with Crippen molar-refractivity contribution >= 4 is 0 Å². The van der Waals surface area contributed by atoms with E-state index in [4.69, 9.17) is 0 Å². The molecule has 0 heterocycles. The van der Waals surface area contributed by atoms with Gasteiger partial charge in [0.25, 0.3) is 0 Å². The third kappa shape index (κ3) is 3.21. The fraction of sp³-hybridized carbons (Fsp3) is 1.00. The van der Waals surface area contributed by atoms with Gasteiger partial charge in [0.1, 0.15) is 0 Å². The summed E-state index contributed by atoms with van der Waals surface area (Å²) in [7, 11) is 0. The highest BCUT2D eigenvalue weighted by Crippen LogP contribution is 2.30. The Balaban J connectivity index is 1.68. The summed E-state index contributed by atoms with van der Waals surface area (Å²) < 4.78 is 0. The number of nitrogens with one attached hydrogen (secondary N) is 1. The van der Waals surface area contributed by atoms with Crippen LogP contribution < -0.4 is 5.32 Å². The quantitative estimate of drug-likeness (QED) is 0.749.